The number of nitrogens with one attached hydrogen (secondary N) is 2. The Morgan fingerprint density at radius 1 is 0.885 bits per heavy atom. The SMILES string of the molecule is C[C@@H](NC(=O)Cc1ccccc1)C(=O)NC(Cc1ccccc1)C(=O)O. The Labute approximate surface area is 152 Å². The van der Waals surface area contributed by atoms with Gasteiger partial charge in [-0.05, 0) is 18.1 Å². The van der Waals surface area contributed by atoms with E-state index in [9.17, 15) is 19.5 Å². The van der Waals surface area contributed by atoms with Gasteiger partial charge in [-0.25, -0.2) is 4.79 Å². The molecule has 6 heteroatoms. The third-order valence-corrected chi connectivity index (χ3v) is 3.88. The first-order valence-corrected chi connectivity index (χ1v) is 8.36. The zero-order chi connectivity index (χ0) is 18.9. The molecule has 0 aliphatic heterocycles. The van der Waals surface area contributed by atoms with E-state index in [1.807, 2.05) is 48.5 Å². The van der Waals surface area contributed by atoms with Gasteiger partial charge in [0.25, 0.3) is 0 Å². The lowest BCUT2D eigenvalue weighted by Crippen LogP contribution is -2.51. The van der Waals surface area contributed by atoms with Crippen LogP contribution in [0.25, 0.3) is 0 Å². The number of hydrogen-bond donors (Lipinski definition) is 3. The lowest BCUT2D eigenvalue weighted by molar-refractivity contribution is -0.142. The summed E-state index contributed by atoms with van der Waals surface area (Å²) in [5, 5.41) is 14.4. The highest BCUT2D eigenvalue weighted by Crippen LogP contribution is 2.04. The van der Waals surface area contributed by atoms with Crippen LogP contribution in [0, 0.1) is 0 Å². The molecule has 6 nitrogen and oxygen atoms in total. The summed E-state index contributed by atoms with van der Waals surface area (Å²) in [5.41, 5.74) is 1.64. The van der Waals surface area contributed by atoms with E-state index in [2.05, 4.69) is 10.6 Å². The zero-order valence-electron chi connectivity index (χ0n) is 14.5. The van der Waals surface area contributed by atoms with Gasteiger partial charge in [-0.2, -0.15) is 0 Å². The highest BCUT2D eigenvalue weighted by Gasteiger charge is 2.24. The monoisotopic (exact) mass is 354 g/mol. The summed E-state index contributed by atoms with van der Waals surface area (Å²) in [6, 6.07) is 16.3. The fraction of sp³-hybridized carbons (Fsp3) is 0.250. The molecule has 2 aromatic rings. The number of aliphatic carboxylic acids is 1. The highest BCUT2D eigenvalue weighted by atomic mass is 16.4. The number of rotatable bonds is 8. The molecule has 0 heterocycles. The standard InChI is InChI=1S/C20H22N2O4/c1-14(21-18(23)13-16-10-6-3-7-11-16)19(24)22-17(20(25)26)12-15-8-4-2-5-9-15/h2-11,14,17H,12-13H2,1H3,(H,21,23)(H,22,24)(H,25,26)/t14-,17?/m1/s1. The van der Waals surface area contributed by atoms with E-state index in [1.165, 1.54) is 6.92 Å². The molecule has 0 spiro atoms. The van der Waals surface area contributed by atoms with Crippen LogP contribution in [0.15, 0.2) is 60.7 Å². The van der Waals surface area contributed by atoms with Crippen molar-refractivity contribution < 1.29 is 19.5 Å². The van der Waals surface area contributed by atoms with Gasteiger partial charge in [0, 0.05) is 6.42 Å². The second-order valence-electron chi connectivity index (χ2n) is 6.04. The number of carbonyl (C=O) groups is 3. The van der Waals surface area contributed by atoms with Gasteiger partial charge >= 0.3 is 5.97 Å². The van der Waals surface area contributed by atoms with Crippen molar-refractivity contribution in [3.63, 3.8) is 0 Å². The smallest absolute Gasteiger partial charge is 0.326 e. The Kier molecular flexibility index (Phi) is 6.91. The van der Waals surface area contributed by atoms with Crippen LogP contribution in [-0.2, 0) is 27.2 Å². The van der Waals surface area contributed by atoms with Crippen LogP contribution in [0.2, 0.25) is 0 Å². The zero-order valence-corrected chi connectivity index (χ0v) is 14.5. The first-order valence-electron chi connectivity index (χ1n) is 8.36. The number of hydrogen-bond acceptors (Lipinski definition) is 3. The molecule has 0 bridgehead atoms. The fourth-order valence-corrected chi connectivity index (χ4v) is 2.49. The van der Waals surface area contributed by atoms with E-state index in [1.54, 1.807) is 12.1 Å². The summed E-state index contributed by atoms with van der Waals surface area (Å²) in [7, 11) is 0. The maximum atomic E-state index is 12.2. The van der Waals surface area contributed by atoms with Crippen LogP contribution in [0.3, 0.4) is 0 Å². The molecule has 0 aliphatic rings. The van der Waals surface area contributed by atoms with Gasteiger partial charge in [-0.15, -0.1) is 0 Å². The lowest BCUT2D eigenvalue weighted by Gasteiger charge is -2.19. The van der Waals surface area contributed by atoms with Crippen LogP contribution in [0.4, 0.5) is 0 Å². The molecule has 0 aliphatic carbocycles. The van der Waals surface area contributed by atoms with Gasteiger partial charge in [0.05, 0.1) is 6.42 Å². The average molecular weight is 354 g/mol. The molecule has 0 saturated heterocycles. The second-order valence-corrected chi connectivity index (χ2v) is 6.04. The Morgan fingerprint density at radius 2 is 1.42 bits per heavy atom. The van der Waals surface area contributed by atoms with E-state index in [4.69, 9.17) is 0 Å². The molecule has 2 atom stereocenters. The van der Waals surface area contributed by atoms with Crippen molar-refractivity contribution in [3.8, 4) is 0 Å². The van der Waals surface area contributed by atoms with Gasteiger partial charge in [0.15, 0.2) is 0 Å². The van der Waals surface area contributed by atoms with Crippen molar-refractivity contribution in [1.82, 2.24) is 10.6 Å². The quantitative estimate of drug-likeness (QED) is 0.670. The fourth-order valence-electron chi connectivity index (χ4n) is 2.49. The maximum Gasteiger partial charge on any atom is 0.326 e. The van der Waals surface area contributed by atoms with Gasteiger partial charge in [0.2, 0.25) is 11.8 Å². The maximum absolute atomic E-state index is 12.2. The minimum atomic E-state index is -1.12. The van der Waals surface area contributed by atoms with Crippen molar-refractivity contribution in [1.29, 1.82) is 0 Å². The summed E-state index contributed by atoms with van der Waals surface area (Å²) in [5.74, 6) is -1.95. The summed E-state index contributed by atoms with van der Waals surface area (Å²) < 4.78 is 0. The molecule has 2 amide bonds. The molecule has 2 rings (SSSR count). The molecule has 0 aromatic heterocycles. The molecule has 26 heavy (non-hydrogen) atoms. The lowest BCUT2D eigenvalue weighted by atomic mass is 10.1. The highest BCUT2D eigenvalue weighted by molar-refractivity contribution is 5.90. The number of carboxylic acids is 1. The molecule has 136 valence electrons. The predicted molar refractivity (Wildman–Crippen MR) is 97.5 cm³/mol. The van der Waals surface area contributed by atoms with E-state index in [0.717, 1.165) is 11.1 Å². The first kappa shape index (κ1) is 19.2. The molecule has 0 saturated carbocycles. The topological polar surface area (TPSA) is 95.5 Å². The van der Waals surface area contributed by atoms with Crippen molar-refractivity contribution >= 4 is 17.8 Å². The molecular formula is C20H22N2O4. The van der Waals surface area contributed by atoms with E-state index in [-0.39, 0.29) is 18.7 Å². The summed E-state index contributed by atoms with van der Waals surface area (Å²) in [6.07, 6.45) is 0.331. The number of carbonyl (C=O) groups excluding carboxylic acids is 2. The first-order chi connectivity index (χ1) is 12.5. The molecule has 0 radical (unpaired) electrons. The third kappa shape index (κ3) is 6.05. The van der Waals surface area contributed by atoms with Crippen molar-refractivity contribution in [2.45, 2.75) is 31.8 Å². The Balaban J connectivity index is 1.89. The van der Waals surface area contributed by atoms with Gasteiger partial charge in [-0.3, -0.25) is 9.59 Å². The largest absolute Gasteiger partial charge is 0.480 e. The Morgan fingerprint density at radius 3 is 1.96 bits per heavy atom. The molecule has 2 aromatic carbocycles. The normalized spacial score (nSPS) is 12.7. The molecule has 1 unspecified atom stereocenters. The van der Waals surface area contributed by atoms with Gasteiger partial charge in [-0.1, -0.05) is 60.7 Å². The molecular weight excluding hydrogens is 332 g/mol. The van der Waals surface area contributed by atoms with Crippen LogP contribution in [0.1, 0.15) is 18.1 Å². The van der Waals surface area contributed by atoms with Crippen LogP contribution in [-0.4, -0.2) is 35.0 Å². The van der Waals surface area contributed by atoms with E-state index < -0.39 is 24.0 Å². The second kappa shape index (κ2) is 9.36. The summed E-state index contributed by atoms with van der Waals surface area (Å²) in [4.78, 5) is 35.7. The van der Waals surface area contributed by atoms with Crippen LogP contribution < -0.4 is 10.6 Å². The Hall–Kier alpha value is -3.15. The van der Waals surface area contributed by atoms with Crippen LogP contribution in [0.5, 0.6) is 0 Å². The average Bonchev–Trinajstić information content (AvgIpc) is 2.62. The Bertz CT molecular complexity index is 747. The molecule has 3 N–H and O–H groups in total. The third-order valence-electron chi connectivity index (χ3n) is 3.88. The van der Waals surface area contributed by atoms with Crippen molar-refractivity contribution in [2.24, 2.45) is 0 Å². The summed E-state index contributed by atoms with van der Waals surface area (Å²) in [6.45, 7) is 1.53. The van der Waals surface area contributed by atoms with Gasteiger partial charge in [0.1, 0.15) is 12.1 Å². The van der Waals surface area contributed by atoms with Crippen molar-refractivity contribution in [2.75, 3.05) is 0 Å². The van der Waals surface area contributed by atoms with Gasteiger partial charge < -0.3 is 15.7 Å². The minimum absolute atomic E-state index is 0.158. The predicted octanol–water partition coefficient (Wildman–Crippen LogP) is 1.55. The van der Waals surface area contributed by atoms with Crippen molar-refractivity contribution in [3.05, 3.63) is 71.8 Å². The summed E-state index contributed by atoms with van der Waals surface area (Å²) >= 11 is 0. The number of carboxylic acid groups (broad SMARTS) is 1. The minimum Gasteiger partial charge on any atom is -0.480 e. The van der Waals surface area contributed by atoms with E-state index >= 15 is 0 Å². The number of amides is 2. The molecule has 0 fully saturated rings. The van der Waals surface area contributed by atoms with E-state index in [0.29, 0.717) is 0 Å². The number of benzene rings is 2. The van der Waals surface area contributed by atoms with Crippen LogP contribution >= 0.6 is 0 Å².